The molecule has 1 aliphatic rings. The van der Waals surface area contributed by atoms with Gasteiger partial charge in [0.1, 0.15) is 12.4 Å². The number of hydrogen-bond acceptors (Lipinski definition) is 3. The molecule has 0 aromatic heterocycles. The summed E-state index contributed by atoms with van der Waals surface area (Å²) in [6, 6.07) is 7.50. The minimum Gasteiger partial charge on any atom is -0.487 e. The van der Waals surface area contributed by atoms with Gasteiger partial charge in [-0.2, -0.15) is 0 Å². The van der Waals surface area contributed by atoms with E-state index >= 15 is 0 Å². The Bertz CT molecular complexity index is 528. The van der Waals surface area contributed by atoms with Gasteiger partial charge in [-0.05, 0) is 51.1 Å². The van der Waals surface area contributed by atoms with Crippen LogP contribution in [0.4, 0.5) is 5.69 Å². The Morgan fingerprint density at radius 3 is 2.91 bits per heavy atom. The van der Waals surface area contributed by atoms with Gasteiger partial charge in [-0.15, -0.1) is 0 Å². The summed E-state index contributed by atoms with van der Waals surface area (Å²) in [6.45, 7) is 7.19. The van der Waals surface area contributed by atoms with E-state index in [0.717, 1.165) is 30.6 Å². The zero-order chi connectivity index (χ0) is 15.9. The first-order valence-electron chi connectivity index (χ1n) is 7.95. The first-order valence-corrected chi connectivity index (χ1v) is 7.95. The Morgan fingerprint density at radius 1 is 1.36 bits per heavy atom. The number of carbonyl (C=O) groups excluding carboxylic acids is 1. The molecule has 1 atom stereocenters. The molecule has 0 spiro atoms. The highest BCUT2D eigenvalue weighted by Gasteiger charge is 2.25. The molecular weight excluding hydrogens is 276 g/mol. The Kier molecular flexibility index (Phi) is 6.01. The van der Waals surface area contributed by atoms with Crippen LogP contribution in [0.1, 0.15) is 32.6 Å². The number of likely N-dealkylation sites (N-methyl/N-ethyl adjacent to an activating group) is 1. The van der Waals surface area contributed by atoms with Crippen molar-refractivity contribution in [3.8, 4) is 5.75 Å². The molecule has 1 aliphatic heterocycles. The minimum atomic E-state index is -0.0586. The molecule has 0 aliphatic carbocycles. The van der Waals surface area contributed by atoms with Crippen LogP contribution in [-0.2, 0) is 4.79 Å². The van der Waals surface area contributed by atoms with Gasteiger partial charge in [0.15, 0.2) is 0 Å². The number of amides is 1. The Labute approximate surface area is 133 Å². The Balaban J connectivity index is 2.05. The molecule has 2 rings (SSSR count). The third-order valence-electron chi connectivity index (χ3n) is 3.94. The zero-order valence-electron chi connectivity index (χ0n) is 13.6. The van der Waals surface area contributed by atoms with Gasteiger partial charge in [0.25, 0.3) is 0 Å². The van der Waals surface area contributed by atoms with E-state index in [9.17, 15) is 4.79 Å². The summed E-state index contributed by atoms with van der Waals surface area (Å²) < 4.78 is 5.71. The molecule has 4 heteroatoms. The lowest BCUT2D eigenvalue weighted by Gasteiger charge is -2.25. The molecule has 1 fully saturated rings. The number of likely N-dealkylation sites (tertiary alicyclic amines) is 1. The van der Waals surface area contributed by atoms with Gasteiger partial charge < -0.3 is 10.1 Å². The maximum atomic E-state index is 12.6. The van der Waals surface area contributed by atoms with E-state index in [1.807, 2.05) is 38.2 Å². The molecule has 4 nitrogen and oxygen atoms in total. The van der Waals surface area contributed by atoms with Crippen LogP contribution >= 0.6 is 0 Å². The van der Waals surface area contributed by atoms with E-state index in [0.29, 0.717) is 12.4 Å². The monoisotopic (exact) mass is 302 g/mol. The molecular formula is C18H26N2O2. The second-order valence-corrected chi connectivity index (χ2v) is 6.08. The quantitative estimate of drug-likeness (QED) is 0.847. The third-order valence-corrected chi connectivity index (χ3v) is 3.94. The van der Waals surface area contributed by atoms with Gasteiger partial charge in [0.2, 0.25) is 5.91 Å². The van der Waals surface area contributed by atoms with Crippen LogP contribution in [-0.4, -0.2) is 37.0 Å². The molecule has 0 bridgehead atoms. The number of ether oxygens (including phenoxy) is 1. The molecule has 1 aromatic rings. The normalized spacial score (nSPS) is 19.3. The number of anilines is 1. The van der Waals surface area contributed by atoms with Crippen molar-refractivity contribution in [2.75, 3.05) is 25.5 Å². The fourth-order valence-electron chi connectivity index (χ4n) is 2.70. The average molecular weight is 302 g/mol. The highest BCUT2D eigenvalue weighted by atomic mass is 16.5. The largest absolute Gasteiger partial charge is 0.487 e. The third kappa shape index (κ3) is 4.60. The molecule has 120 valence electrons. The first kappa shape index (κ1) is 16.6. The summed E-state index contributed by atoms with van der Waals surface area (Å²) in [5, 5.41) is 3.03. The van der Waals surface area contributed by atoms with Crippen LogP contribution in [0, 0.1) is 0 Å². The molecule has 0 saturated carbocycles. The highest BCUT2D eigenvalue weighted by molar-refractivity contribution is 5.96. The van der Waals surface area contributed by atoms with Crippen molar-refractivity contribution in [3.05, 3.63) is 36.4 Å². The van der Waals surface area contributed by atoms with Crippen LogP contribution in [0.2, 0.25) is 0 Å². The van der Waals surface area contributed by atoms with Crippen molar-refractivity contribution in [3.63, 3.8) is 0 Å². The van der Waals surface area contributed by atoms with Crippen LogP contribution in [0.3, 0.4) is 0 Å². The van der Waals surface area contributed by atoms with Gasteiger partial charge >= 0.3 is 0 Å². The Hall–Kier alpha value is -1.81. The van der Waals surface area contributed by atoms with E-state index < -0.39 is 0 Å². The summed E-state index contributed by atoms with van der Waals surface area (Å²) in [4.78, 5) is 14.7. The van der Waals surface area contributed by atoms with E-state index in [1.54, 1.807) is 0 Å². The molecule has 1 saturated heterocycles. The molecule has 0 radical (unpaired) electrons. The van der Waals surface area contributed by atoms with Gasteiger partial charge in [-0.3, -0.25) is 9.69 Å². The maximum Gasteiger partial charge on any atom is 0.241 e. The maximum absolute atomic E-state index is 12.6. The van der Waals surface area contributed by atoms with Gasteiger partial charge in [-0.1, -0.05) is 31.6 Å². The minimum absolute atomic E-state index is 0.0516. The predicted molar refractivity (Wildman–Crippen MR) is 90.3 cm³/mol. The predicted octanol–water partition coefficient (Wildman–Crippen LogP) is 3.45. The molecule has 1 amide bonds. The lowest BCUT2D eigenvalue weighted by Crippen LogP contribution is -2.41. The van der Waals surface area contributed by atoms with E-state index in [4.69, 9.17) is 4.74 Å². The van der Waals surface area contributed by atoms with E-state index in [-0.39, 0.29) is 11.9 Å². The standard InChI is InChI=1S/C18H26N2O2/c1-14(2)13-22-17-11-7-6-9-15(17)19-18(21)16-10-5-4-8-12-20(16)3/h6-7,9,11,16H,1,4-5,8,10,12-13H2,2-3H3,(H,19,21). The second-order valence-electron chi connectivity index (χ2n) is 6.08. The number of para-hydroxylation sites is 2. The SMILES string of the molecule is C=C(C)COc1ccccc1NC(=O)C1CCCCCN1C. The highest BCUT2D eigenvalue weighted by Crippen LogP contribution is 2.25. The van der Waals surface area contributed by atoms with E-state index in [2.05, 4.69) is 16.8 Å². The lowest BCUT2D eigenvalue weighted by atomic mass is 10.1. The Morgan fingerprint density at radius 2 is 2.14 bits per heavy atom. The number of carbonyl (C=O) groups is 1. The fraction of sp³-hybridized carbons (Fsp3) is 0.500. The zero-order valence-corrected chi connectivity index (χ0v) is 13.6. The summed E-state index contributed by atoms with van der Waals surface area (Å²) >= 11 is 0. The fourth-order valence-corrected chi connectivity index (χ4v) is 2.70. The summed E-state index contributed by atoms with van der Waals surface area (Å²) in [5.41, 5.74) is 1.68. The van der Waals surface area contributed by atoms with Gasteiger partial charge in [0.05, 0.1) is 11.7 Å². The van der Waals surface area contributed by atoms with Gasteiger partial charge in [0, 0.05) is 0 Å². The van der Waals surface area contributed by atoms with E-state index in [1.165, 1.54) is 12.8 Å². The van der Waals surface area contributed by atoms with Crippen molar-refractivity contribution >= 4 is 11.6 Å². The molecule has 1 aromatic carbocycles. The van der Waals surface area contributed by atoms with Crippen molar-refractivity contribution in [1.29, 1.82) is 0 Å². The van der Waals surface area contributed by atoms with Crippen molar-refractivity contribution in [1.82, 2.24) is 4.90 Å². The van der Waals surface area contributed by atoms with Crippen LogP contribution < -0.4 is 10.1 Å². The number of nitrogens with one attached hydrogen (secondary N) is 1. The van der Waals surface area contributed by atoms with Crippen molar-refractivity contribution in [2.24, 2.45) is 0 Å². The number of nitrogens with zero attached hydrogens (tertiary/aromatic N) is 1. The van der Waals surface area contributed by atoms with Crippen molar-refractivity contribution in [2.45, 2.75) is 38.6 Å². The number of rotatable bonds is 5. The molecule has 1 unspecified atom stereocenters. The topological polar surface area (TPSA) is 41.6 Å². The summed E-state index contributed by atoms with van der Waals surface area (Å²) in [7, 11) is 2.03. The molecule has 22 heavy (non-hydrogen) atoms. The number of benzene rings is 1. The lowest BCUT2D eigenvalue weighted by molar-refractivity contribution is -0.120. The summed E-state index contributed by atoms with van der Waals surface area (Å²) in [5.74, 6) is 0.742. The van der Waals surface area contributed by atoms with Crippen LogP contribution in [0.15, 0.2) is 36.4 Å². The first-order chi connectivity index (χ1) is 10.6. The molecule has 1 heterocycles. The smallest absolute Gasteiger partial charge is 0.241 e. The van der Waals surface area contributed by atoms with Crippen molar-refractivity contribution < 1.29 is 9.53 Å². The van der Waals surface area contributed by atoms with Gasteiger partial charge in [-0.25, -0.2) is 0 Å². The van der Waals surface area contributed by atoms with Crippen LogP contribution in [0.5, 0.6) is 5.75 Å². The van der Waals surface area contributed by atoms with Crippen LogP contribution in [0.25, 0.3) is 0 Å². The molecule has 1 N–H and O–H groups in total. The second kappa shape index (κ2) is 7.99. The summed E-state index contributed by atoms with van der Waals surface area (Å²) in [6.07, 6.45) is 4.39. The average Bonchev–Trinajstić information content (AvgIpc) is 2.71. The number of hydrogen-bond donors (Lipinski definition) is 1.